The third kappa shape index (κ3) is 4.48. The first-order valence-corrected chi connectivity index (χ1v) is 14.2. The lowest BCUT2D eigenvalue weighted by molar-refractivity contribution is 0.488. The maximum Gasteiger partial charge on any atom is 0.268 e. The number of fused-ring (bicyclic) bond motifs is 3. The van der Waals surface area contributed by atoms with E-state index in [0.717, 1.165) is 40.6 Å². The first kappa shape index (κ1) is 24.3. The van der Waals surface area contributed by atoms with E-state index in [1.54, 1.807) is 16.1 Å². The molecule has 1 aromatic heterocycles. The van der Waals surface area contributed by atoms with Gasteiger partial charge in [-0.05, 0) is 82.7 Å². The van der Waals surface area contributed by atoms with E-state index in [-0.39, 0.29) is 10.9 Å². The molecule has 3 aromatic rings. The van der Waals surface area contributed by atoms with Gasteiger partial charge in [-0.25, -0.2) is 12.4 Å². The van der Waals surface area contributed by atoms with Crippen LogP contribution < -0.4 is 4.72 Å². The molecule has 5 nitrogen and oxygen atoms in total. The van der Waals surface area contributed by atoms with Crippen LogP contribution in [0.2, 0.25) is 0 Å². The Morgan fingerprint density at radius 2 is 1.79 bits per heavy atom. The summed E-state index contributed by atoms with van der Waals surface area (Å²) in [6.07, 6.45) is 2.33. The molecule has 4 rings (SSSR count). The van der Waals surface area contributed by atoms with Crippen molar-refractivity contribution in [1.82, 2.24) is 8.69 Å². The molecule has 1 aliphatic rings. The number of hydrogen-bond acceptors (Lipinski definition) is 4. The van der Waals surface area contributed by atoms with Crippen molar-refractivity contribution in [3.05, 3.63) is 64.8 Å². The number of nitrogens with one attached hydrogen (secondary N) is 1. The molecule has 1 heterocycles. The summed E-state index contributed by atoms with van der Waals surface area (Å²) in [6.45, 7) is 12.1. The van der Waals surface area contributed by atoms with E-state index in [1.165, 1.54) is 0 Å². The molecule has 0 bridgehead atoms. The third-order valence-electron chi connectivity index (χ3n) is 6.37. The van der Waals surface area contributed by atoms with E-state index in [2.05, 4.69) is 24.6 Å². The molecule has 178 valence electrons. The zero-order chi connectivity index (χ0) is 24.1. The van der Waals surface area contributed by atoms with Gasteiger partial charge in [0.2, 0.25) is 0 Å². The monoisotopic (exact) mass is 486 g/mol. The van der Waals surface area contributed by atoms with Gasteiger partial charge in [0.05, 0.1) is 16.5 Å². The fourth-order valence-corrected chi connectivity index (χ4v) is 6.91. The highest BCUT2D eigenvalue weighted by Crippen LogP contribution is 2.41. The normalized spacial score (nSPS) is 18.0. The topological polar surface area (TPSA) is 74.2 Å². The van der Waals surface area contributed by atoms with E-state index in [9.17, 15) is 13.0 Å². The fourth-order valence-electron chi connectivity index (χ4n) is 4.47. The van der Waals surface area contributed by atoms with Crippen LogP contribution in [0.3, 0.4) is 0 Å². The van der Waals surface area contributed by atoms with Crippen LogP contribution in [0, 0.1) is 6.92 Å². The lowest BCUT2D eigenvalue weighted by Gasteiger charge is -2.30. The van der Waals surface area contributed by atoms with Gasteiger partial charge >= 0.3 is 0 Å². The maximum absolute atomic E-state index is 13.9. The van der Waals surface area contributed by atoms with Gasteiger partial charge in [0, 0.05) is 28.0 Å². The Kier molecular flexibility index (Phi) is 6.46. The van der Waals surface area contributed by atoms with Gasteiger partial charge in [-0.3, -0.25) is 0 Å². The fraction of sp³-hybridized carbons (Fsp3) is 0.462. The summed E-state index contributed by atoms with van der Waals surface area (Å²) in [5.41, 5.74) is 4.66. The number of hydrogen-bond donors (Lipinski definition) is 1. The van der Waals surface area contributed by atoms with Crippen molar-refractivity contribution in [1.29, 1.82) is 0 Å². The van der Waals surface area contributed by atoms with Gasteiger partial charge in [-0.2, -0.15) is 0 Å². The number of aryl methyl sites for hydroxylation is 1. The Labute approximate surface area is 201 Å². The van der Waals surface area contributed by atoms with E-state index in [4.69, 9.17) is 0 Å². The Balaban J connectivity index is 1.97. The highest BCUT2D eigenvalue weighted by atomic mass is 32.2. The summed E-state index contributed by atoms with van der Waals surface area (Å²) in [5.74, 6) is 0.320. The van der Waals surface area contributed by atoms with Crippen molar-refractivity contribution in [2.24, 2.45) is 0 Å². The predicted molar refractivity (Wildman–Crippen MR) is 136 cm³/mol. The lowest BCUT2D eigenvalue weighted by Crippen LogP contribution is -2.42. The predicted octanol–water partition coefficient (Wildman–Crippen LogP) is 5.74. The van der Waals surface area contributed by atoms with Crippen LogP contribution in [0.4, 0.5) is 0 Å². The largest absolute Gasteiger partial charge is 0.598 e. The summed E-state index contributed by atoms with van der Waals surface area (Å²) in [4.78, 5) is 0.286. The summed E-state index contributed by atoms with van der Waals surface area (Å²) in [7, 11) is -3.78. The minimum Gasteiger partial charge on any atom is -0.598 e. The molecule has 0 amide bonds. The van der Waals surface area contributed by atoms with Crippen molar-refractivity contribution in [3.63, 3.8) is 0 Å². The van der Waals surface area contributed by atoms with Crippen molar-refractivity contribution >= 4 is 32.3 Å². The van der Waals surface area contributed by atoms with Crippen LogP contribution in [-0.2, 0) is 27.8 Å². The van der Waals surface area contributed by atoms with Gasteiger partial charge < -0.3 is 4.55 Å². The summed E-state index contributed by atoms with van der Waals surface area (Å²) < 4.78 is 45.2. The van der Waals surface area contributed by atoms with Gasteiger partial charge in [-0.15, -0.1) is 4.72 Å². The molecular weight excluding hydrogens is 452 g/mol. The zero-order valence-electron chi connectivity index (χ0n) is 20.3. The van der Waals surface area contributed by atoms with E-state index < -0.39 is 26.1 Å². The Hall–Kier alpha value is -1.80. The summed E-state index contributed by atoms with van der Waals surface area (Å²) in [6, 6.07) is 12.9. The number of nitrogens with zero attached hydrogens (tertiary/aromatic N) is 1. The number of rotatable bonds is 5. The van der Waals surface area contributed by atoms with Crippen LogP contribution >= 0.6 is 0 Å². The molecule has 0 saturated carbocycles. The van der Waals surface area contributed by atoms with Gasteiger partial charge in [0.1, 0.15) is 4.75 Å². The van der Waals surface area contributed by atoms with Gasteiger partial charge in [0.15, 0.2) is 0 Å². The molecule has 0 radical (unpaired) electrons. The third-order valence-corrected chi connectivity index (χ3v) is 9.75. The molecular formula is C26H34N2O3S2. The highest BCUT2D eigenvalue weighted by Gasteiger charge is 2.37. The van der Waals surface area contributed by atoms with Crippen LogP contribution in [0.25, 0.3) is 10.9 Å². The molecule has 0 spiro atoms. The first-order valence-electron chi connectivity index (χ1n) is 11.6. The minimum absolute atomic E-state index is 0.159. The highest BCUT2D eigenvalue weighted by molar-refractivity contribution is 7.91. The second kappa shape index (κ2) is 8.77. The quantitative estimate of drug-likeness (QED) is 0.467. The molecule has 1 N–H and O–H groups in total. The molecule has 33 heavy (non-hydrogen) atoms. The van der Waals surface area contributed by atoms with Crippen molar-refractivity contribution in [2.75, 3.05) is 0 Å². The molecule has 2 atom stereocenters. The maximum atomic E-state index is 13.9. The van der Waals surface area contributed by atoms with Crippen molar-refractivity contribution in [2.45, 2.75) is 82.4 Å². The van der Waals surface area contributed by atoms with Crippen LogP contribution in [0.1, 0.15) is 81.8 Å². The summed E-state index contributed by atoms with van der Waals surface area (Å²) in [5, 5.41) is 0.940. The average molecular weight is 487 g/mol. The van der Waals surface area contributed by atoms with Crippen LogP contribution in [0.15, 0.2) is 47.4 Å². The smallest absolute Gasteiger partial charge is 0.268 e. The number of aromatic nitrogens is 1. The second-order valence-corrected chi connectivity index (χ2v) is 14.1. The van der Waals surface area contributed by atoms with E-state index in [1.807, 2.05) is 52.0 Å². The summed E-state index contributed by atoms with van der Waals surface area (Å²) >= 11 is -1.26. The SMILES string of the molecule is Cc1ccc(S(=O)(=O)n2c3c(c4cc(C(C)C)ccc42)[C@@H](N[S+]([O-])C(C)(C)C)CCC3)cc1. The minimum atomic E-state index is -3.78. The molecule has 1 unspecified atom stereocenters. The second-order valence-electron chi connectivity index (χ2n) is 10.3. The first-order chi connectivity index (χ1) is 15.4. The van der Waals surface area contributed by atoms with Crippen molar-refractivity contribution < 1.29 is 13.0 Å². The standard InChI is InChI=1S/C26H34N2O3S2/c1-17(2)19-12-15-23-21(16-19)25-22(27-32(29)26(4,5)6)8-7-9-24(25)28(23)33(30,31)20-13-10-18(3)11-14-20/h10-17,22,27H,7-9H2,1-6H3/t22-,32?/m0/s1. The van der Waals surface area contributed by atoms with Crippen molar-refractivity contribution in [3.8, 4) is 0 Å². The zero-order valence-corrected chi connectivity index (χ0v) is 21.9. The Bertz CT molecular complexity index is 1270. The van der Waals surface area contributed by atoms with E-state index in [0.29, 0.717) is 17.9 Å². The molecule has 1 aliphatic carbocycles. The molecule has 0 saturated heterocycles. The molecule has 0 aliphatic heterocycles. The Morgan fingerprint density at radius 1 is 1.12 bits per heavy atom. The Morgan fingerprint density at radius 3 is 2.39 bits per heavy atom. The molecule has 2 aromatic carbocycles. The lowest BCUT2D eigenvalue weighted by atomic mass is 9.90. The van der Waals surface area contributed by atoms with Crippen LogP contribution in [0.5, 0.6) is 0 Å². The van der Waals surface area contributed by atoms with Crippen LogP contribution in [-0.4, -0.2) is 21.7 Å². The average Bonchev–Trinajstić information content (AvgIpc) is 3.08. The molecule has 7 heteroatoms. The van der Waals surface area contributed by atoms with E-state index >= 15 is 0 Å². The van der Waals surface area contributed by atoms with Gasteiger partial charge in [-0.1, -0.05) is 37.6 Å². The van der Waals surface area contributed by atoms with Gasteiger partial charge in [0.25, 0.3) is 10.0 Å². The molecule has 0 fully saturated rings. The number of benzene rings is 2.